The molecule has 0 aromatic rings. The Hall–Kier alpha value is -0.610. The van der Waals surface area contributed by atoms with Crippen LogP contribution in [-0.2, 0) is 9.53 Å². The number of nitrogens with zero attached hydrogens (tertiary/aromatic N) is 1. The van der Waals surface area contributed by atoms with Crippen molar-refractivity contribution >= 4 is 5.91 Å². The first kappa shape index (κ1) is 12.8. The first-order valence-electron chi connectivity index (χ1n) is 6.77. The van der Waals surface area contributed by atoms with Gasteiger partial charge >= 0.3 is 0 Å². The zero-order valence-electron chi connectivity index (χ0n) is 10.9. The molecule has 2 fully saturated rings. The third-order valence-corrected chi connectivity index (χ3v) is 3.48. The van der Waals surface area contributed by atoms with Crippen molar-refractivity contribution in [2.75, 3.05) is 13.1 Å². The van der Waals surface area contributed by atoms with E-state index < -0.39 is 0 Å². The quantitative estimate of drug-likeness (QED) is 0.784. The number of carbonyl (C=O) groups is 1. The van der Waals surface area contributed by atoms with Crippen LogP contribution in [0.15, 0.2) is 0 Å². The van der Waals surface area contributed by atoms with Crippen LogP contribution in [0.4, 0.5) is 0 Å². The molecule has 1 saturated heterocycles. The monoisotopic (exact) mass is 240 g/mol. The average molecular weight is 240 g/mol. The zero-order valence-corrected chi connectivity index (χ0v) is 10.9. The van der Waals surface area contributed by atoms with Gasteiger partial charge in [0.1, 0.15) is 6.10 Å². The van der Waals surface area contributed by atoms with Crippen LogP contribution in [0.2, 0.25) is 0 Å². The predicted octanol–water partition coefficient (Wildman–Crippen LogP) is 1.14. The summed E-state index contributed by atoms with van der Waals surface area (Å²) in [4.78, 5) is 14.4. The van der Waals surface area contributed by atoms with Gasteiger partial charge in [-0.3, -0.25) is 4.79 Å². The van der Waals surface area contributed by atoms with E-state index in [0.29, 0.717) is 18.5 Å². The third-order valence-electron chi connectivity index (χ3n) is 3.48. The second kappa shape index (κ2) is 5.36. The number of hydrogen-bond donors (Lipinski definition) is 1. The molecule has 1 aliphatic heterocycles. The molecule has 1 heterocycles. The van der Waals surface area contributed by atoms with E-state index in [2.05, 4.69) is 13.8 Å². The summed E-state index contributed by atoms with van der Waals surface area (Å²) in [6.45, 7) is 5.69. The summed E-state index contributed by atoms with van der Waals surface area (Å²) < 4.78 is 5.70. The zero-order chi connectivity index (χ0) is 12.4. The lowest BCUT2D eigenvalue weighted by Gasteiger charge is -2.27. The fourth-order valence-electron chi connectivity index (χ4n) is 2.44. The maximum absolute atomic E-state index is 12.4. The highest BCUT2D eigenvalue weighted by Gasteiger charge is 2.39. The van der Waals surface area contributed by atoms with Gasteiger partial charge in [0.2, 0.25) is 0 Å². The predicted molar refractivity (Wildman–Crippen MR) is 66.5 cm³/mol. The van der Waals surface area contributed by atoms with Gasteiger partial charge in [-0.2, -0.15) is 0 Å². The molecule has 2 rings (SSSR count). The molecule has 0 aromatic carbocycles. The van der Waals surface area contributed by atoms with Gasteiger partial charge in [-0.1, -0.05) is 13.8 Å². The van der Waals surface area contributed by atoms with Crippen LogP contribution >= 0.6 is 0 Å². The largest absolute Gasteiger partial charge is 0.364 e. The molecule has 1 aliphatic carbocycles. The lowest BCUT2D eigenvalue weighted by atomic mass is 10.1. The highest BCUT2D eigenvalue weighted by molar-refractivity contribution is 5.81. The molecule has 98 valence electrons. The summed E-state index contributed by atoms with van der Waals surface area (Å²) in [6.07, 6.45) is 3.93. The summed E-state index contributed by atoms with van der Waals surface area (Å²) in [5, 5.41) is 0. The molecule has 2 N–H and O–H groups in total. The van der Waals surface area contributed by atoms with E-state index in [0.717, 1.165) is 32.2 Å². The minimum Gasteiger partial charge on any atom is -0.364 e. The van der Waals surface area contributed by atoms with Gasteiger partial charge in [0.05, 0.1) is 6.10 Å². The summed E-state index contributed by atoms with van der Waals surface area (Å²) in [6, 6.07) is 0.477. The van der Waals surface area contributed by atoms with E-state index in [-0.39, 0.29) is 18.1 Å². The Balaban J connectivity index is 1.92. The van der Waals surface area contributed by atoms with Gasteiger partial charge in [-0.15, -0.1) is 0 Å². The number of amides is 1. The van der Waals surface area contributed by atoms with Crippen molar-refractivity contribution in [3.8, 4) is 0 Å². The minimum absolute atomic E-state index is 0.0871. The second-order valence-electron chi connectivity index (χ2n) is 5.68. The molecule has 17 heavy (non-hydrogen) atoms. The van der Waals surface area contributed by atoms with Crippen molar-refractivity contribution in [1.82, 2.24) is 4.90 Å². The first-order valence-corrected chi connectivity index (χ1v) is 6.77. The Morgan fingerprint density at radius 3 is 2.53 bits per heavy atom. The van der Waals surface area contributed by atoms with E-state index in [1.165, 1.54) is 0 Å². The number of carbonyl (C=O) groups excluding carboxylic acids is 1. The average Bonchev–Trinajstić information content (AvgIpc) is 3.02. The highest BCUT2D eigenvalue weighted by Crippen LogP contribution is 2.30. The molecular formula is C13H24N2O2. The molecular weight excluding hydrogens is 216 g/mol. The van der Waals surface area contributed by atoms with Gasteiger partial charge < -0.3 is 15.4 Å². The maximum Gasteiger partial charge on any atom is 0.251 e. The fraction of sp³-hybridized carbons (Fsp3) is 0.923. The normalized spacial score (nSPS) is 28.7. The van der Waals surface area contributed by atoms with Crippen molar-refractivity contribution < 1.29 is 9.53 Å². The topological polar surface area (TPSA) is 55.6 Å². The van der Waals surface area contributed by atoms with Crippen LogP contribution in [0.5, 0.6) is 0 Å². The molecule has 2 aliphatic rings. The first-order chi connectivity index (χ1) is 8.11. The summed E-state index contributed by atoms with van der Waals surface area (Å²) in [5.74, 6) is 0.711. The van der Waals surface area contributed by atoms with Gasteiger partial charge in [0.25, 0.3) is 5.91 Å². The van der Waals surface area contributed by atoms with Crippen molar-refractivity contribution in [1.29, 1.82) is 0 Å². The Morgan fingerprint density at radius 1 is 1.35 bits per heavy atom. The molecule has 4 heteroatoms. The molecule has 2 atom stereocenters. The summed E-state index contributed by atoms with van der Waals surface area (Å²) in [7, 11) is 0. The van der Waals surface area contributed by atoms with Crippen molar-refractivity contribution in [3.63, 3.8) is 0 Å². The van der Waals surface area contributed by atoms with Crippen LogP contribution in [-0.4, -0.2) is 42.1 Å². The Bertz CT molecular complexity index is 277. The number of hydrogen-bond acceptors (Lipinski definition) is 3. The molecule has 2 unspecified atom stereocenters. The summed E-state index contributed by atoms with van der Waals surface area (Å²) >= 11 is 0. The van der Waals surface area contributed by atoms with E-state index in [9.17, 15) is 4.79 Å². The van der Waals surface area contributed by atoms with Gasteiger partial charge in [-0.05, 0) is 31.6 Å². The van der Waals surface area contributed by atoms with Gasteiger partial charge in [0, 0.05) is 19.1 Å². The molecule has 0 radical (unpaired) electrons. The third kappa shape index (κ3) is 3.19. The fourth-order valence-corrected chi connectivity index (χ4v) is 2.44. The lowest BCUT2D eigenvalue weighted by Crippen LogP contribution is -2.43. The molecule has 1 saturated carbocycles. The number of nitrogens with two attached hydrogens (primary N) is 1. The minimum atomic E-state index is -0.233. The van der Waals surface area contributed by atoms with E-state index >= 15 is 0 Å². The standard InChI is InChI=1S/C13H24N2O2/c1-9(2)8-15(10-3-4-10)13(16)12-6-5-11(7-14)17-12/h9-12H,3-8,14H2,1-2H3. The van der Waals surface area contributed by atoms with Gasteiger partial charge in [-0.25, -0.2) is 0 Å². The Morgan fingerprint density at radius 2 is 2.06 bits per heavy atom. The van der Waals surface area contributed by atoms with Crippen LogP contribution < -0.4 is 5.73 Å². The SMILES string of the molecule is CC(C)CN(C(=O)C1CCC(CN)O1)C1CC1. The van der Waals surface area contributed by atoms with E-state index in [1.807, 2.05) is 4.90 Å². The lowest BCUT2D eigenvalue weighted by molar-refractivity contribution is -0.143. The Labute approximate surface area is 103 Å². The van der Waals surface area contributed by atoms with Crippen molar-refractivity contribution in [2.24, 2.45) is 11.7 Å². The van der Waals surface area contributed by atoms with E-state index in [1.54, 1.807) is 0 Å². The van der Waals surface area contributed by atoms with Crippen molar-refractivity contribution in [3.05, 3.63) is 0 Å². The second-order valence-corrected chi connectivity index (χ2v) is 5.68. The van der Waals surface area contributed by atoms with Crippen LogP contribution in [0.25, 0.3) is 0 Å². The van der Waals surface area contributed by atoms with Crippen LogP contribution in [0.1, 0.15) is 39.5 Å². The molecule has 0 aromatic heterocycles. The van der Waals surface area contributed by atoms with Crippen LogP contribution in [0.3, 0.4) is 0 Å². The molecule has 1 amide bonds. The molecule has 4 nitrogen and oxygen atoms in total. The number of rotatable bonds is 5. The summed E-state index contributed by atoms with van der Waals surface area (Å²) in [5.41, 5.74) is 5.58. The van der Waals surface area contributed by atoms with Crippen molar-refractivity contribution in [2.45, 2.75) is 57.8 Å². The smallest absolute Gasteiger partial charge is 0.251 e. The molecule has 0 spiro atoms. The Kier molecular flexibility index (Phi) is 4.05. The van der Waals surface area contributed by atoms with E-state index in [4.69, 9.17) is 10.5 Å². The maximum atomic E-state index is 12.4. The molecule has 0 bridgehead atoms. The number of ether oxygens (including phenoxy) is 1. The van der Waals surface area contributed by atoms with Crippen LogP contribution in [0, 0.1) is 5.92 Å². The highest BCUT2D eigenvalue weighted by atomic mass is 16.5. The van der Waals surface area contributed by atoms with Gasteiger partial charge in [0.15, 0.2) is 0 Å².